The van der Waals surface area contributed by atoms with Crippen molar-refractivity contribution in [2.75, 3.05) is 16.9 Å². The molecule has 3 nitrogen and oxygen atoms in total. The molecular formula is C13H18ClNO2S. The second kappa shape index (κ2) is 5.10. The molecule has 0 amide bonds. The molecule has 1 aliphatic rings. The van der Waals surface area contributed by atoms with Crippen LogP contribution in [0.3, 0.4) is 0 Å². The number of sulfone groups is 1. The second-order valence-electron chi connectivity index (χ2n) is 4.85. The summed E-state index contributed by atoms with van der Waals surface area (Å²) < 4.78 is 24.3. The van der Waals surface area contributed by atoms with Crippen molar-refractivity contribution >= 4 is 27.1 Å². The van der Waals surface area contributed by atoms with Crippen molar-refractivity contribution in [3.63, 3.8) is 0 Å². The van der Waals surface area contributed by atoms with E-state index >= 15 is 0 Å². The summed E-state index contributed by atoms with van der Waals surface area (Å²) in [6.45, 7) is 1.87. The van der Waals surface area contributed by atoms with E-state index in [0.717, 1.165) is 12.8 Å². The van der Waals surface area contributed by atoms with Gasteiger partial charge in [0.15, 0.2) is 9.84 Å². The monoisotopic (exact) mass is 287 g/mol. The number of benzene rings is 1. The van der Waals surface area contributed by atoms with E-state index < -0.39 is 9.84 Å². The highest BCUT2D eigenvalue weighted by atomic mass is 35.5. The Labute approximate surface area is 113 Å². The Morgan fingerprint density at radius 2 is 2.00 bits per heavy atom. The molecular weight excluding hydrogens is 270 g/mol. The third kappa shape index (κ3) is 2.81. The van der Waals surface area contributed by atoms with Gasteiger partial charge in [0.05, 0.1) is 21.9 Å². The zero-order valence-corrected chi connectivity index (χ0v) is 12.0. The molecule has 0 aliphatic heterocycles. The van der Waals surface area contributed by atoms with Gasteiger partial charge in [-0.25, -0.2) is 8.42 Å². The SMILES string of the molecule is CCCS(=O)(=O)c1ccccc1NC1(CCl)CC1. The van der Waals surface area contributed by atoms with E-state index in [1.165, 1.54) is 0 Å². The highest BCUT2D eigenvalue weighted by Gasteiger charge is 2.42. The van der Waals surface area contributed by atoms with Crippen molar-refractivity contribution in [1.29, 1.82) is 0 Å². The van der Waals surface area contributed by atoms with E-state index in [4.69, 9.17) is 11.6 Å². The lowest BCUT2D eigenvalue weighted by molar-refractivity contribution is 0.595. The maximum Gasteiger partial charge on any atom is 0.180 e. The van der Waals surface area contributed by atoms with Gasteiger partial charge in [0.1, 0.15) is 0 Å². The molecule has 1 aliphatic carbocycles. The lowest BCUT2D eigenvalue weighted by atomic mass is 10.2. The van der Waals surface area contributed by atoms with E-state index in [1.807, 2.05) is 19.1 Å². The van der Waals surface area contributed by atoms with Crippen LogP contribution in [0.5, 0.6) is 0 Å². The average Bonchev–Trinajstić information content (AvgIpc) is 3.10. The van der Waals surface area contributed by atoms with Crippen LogP contribution in [-0.4, -0.2) is 25.6 Å². The van der Waals surface area contributed by atoms with E-state index in [2.05, 4.69) is 5.32 Å². The summed E-state index contributed by atoms with van der Waals surface area (Å²) >= 11 is 5.92. The summed E-state index contributed by atoms with van der Waals surface area (Å²) in [6, 6.07) is 7.08. The highest BCUT2D eigenvalue weighted by Crippen LogP contribution is 2.41. The standard InChI is InChI=1S/C13H18ClNO2S/c1-2-9-18(16,17)12-6-4-3-5-11(12)15-13(10-14)7-8-13/h3-6,15H,2,7-10H2,1H3. The molecule has 0 saturated heterocycles. The van der Waals surface area contributed by atoms with Gasteiger partial charge in [0.25, 0.3) is 0 Å². The normalized spacial score (nSPS) is 17.4. The maximum absolute atomic E-state index is 12.2. The molecule has 0 atom stereocenters. The molecule has 1 N–H and O–H groups in total. The second-order valence-corrected chi connectivity index (χ2v) is 7.20. The van der Waals surface area contributed by atoms with Crippen LogP contribution in [0, 0.1) is 0 Å². The first-order valence-electron chi connectivity index (χ1n) is 6.19. The Morgan fingerprint density at radius 1 is 1.33 bits per heavy atom. The van der Waals surface area contributed by atoms with Gasteiger partial charge in [-0.2, -0.15) is 0 Å². The Morgan fingerprint density at radius 3 is 2.56 bits per heavy atom. The molecule has 100 valence electrons. The molecule has 0 heterocycles. The van der Waals surface area contributed by atoms with Gasteiger partial charge < -0.3 is 5.32 Å². The molecule has 5 heteroatoms. The van der Waals surface area contributed by atoms with Gasteiger partial charge in [-0.1, -0.05) is 19.1 Å². The minimum atomic E-state index is -3.20. The summed E-state index contributed by atoms with van der Waals surface area (Å²) in [4.78, 5) is 0.392. The van der Waals surface area contributed by atoms with Gasteiger partial charge in [0.2, 0.25) is 0 Å². The Balaban J connectivity index is 2.31. The Kier molecular flexibility index (Phi) is 3.87. The smallest absolute Gasteiger partial charge is 0.180 e. The van der Waals surface area contributed by atoms with Crippen LogP contribution in [0.4, 0.5) is 5.69 Å². The summed E-state index contributed by atoms with van der Waals surface area (Å²) in [5.74, 6) is 0.689. The van der Waals surface area contributed by atoms with Crippen LogP contribution in [-0.2, 0) is 9.84 Å². The Bertz CT molecular complexity index is 524. The number of hydrogen-bond donors (Lipinski definition) is 1. The highest BCUT2D eigenvalue weighted by molar-refractivity contribution is 7.91. The largest absolute Gasteiger partial charge is 0.377 e. The number of nitrogens with one attached hydrogen (secondary N) is 1. The van der Waals surface area contributed by atoms with Crippen LogP contribution >= 0.6 is 11.6 Å². The van der Waals surface area contributed by atoms with E-state index in [0.29, 0.717) is 22.9 Å². The third-order valence-electron chi connectivity index (χ3n) is 3.20. The predicted octanol–water partition coefficient (Wildman–Crippen LogP) is 3.05. The molecule has 0 radical (unpaired) electrons. The molecule has 18 heavy (non-hydrogen) atoms. The van der Waals surface area contributed by atoms with Crippen LogP contribution in [0.15, 0.2) is 29.2 Å². The predicted molar refractivity (Wildman–Crippen MR) is 75.1 cm³/mol. The van der Waals surface area contributed by atoms with Crippen molar-refractivity contribution in [3.8, 4) is 0 Å². The van der Waals surface area contributed by atoms with Gasteiger partial charge >= 0.3 is 0 Å². The van der Waals surface area contributed by atoms with E-state index in [-0.39, 0.29) is 11.3 Å². The zero-order chi connectivity index (χ0) is 13.2. The van der Waals surface area contributed by atoms with Crippen LogP contribution in [0.25, 0.3) is 0 Å². The number of halogens is 1. The molecule has 1 fully saturated rings. The quantitative estimate of drug-likeness (QED) is 0.818. The molecule has 2 rings (SSSR count). The first-order valence-corrected chi connectivity index (χ1v) is 8.38. The number of hydrogen-bond acceptors (Lipinski definition) is 3. The van der Waals surface area contributed by atoms with Crippen LogP contribution in [0.1, 0.15) is 26.2 Å². The van der Waals surface area contributed by atoms with Gasteiger partial charge in [0, 0.05) is 5.88 Å². The average molecular weight is 288 g/mol. The van der Waals surface area contributed by atoms with Gasteiger partial charge in [-0.05, 0) is 31.4 Å². The zero-order valence-electron chi connectivity index (χ0n) is 10.4. The number of rotatable bonds is 6. The molecule has 0 unspecified atom stereocenters. The summed E-state index contributed by atoms with van der Waals surface area (Å²) in [7, 11) is -3.20. The maximum atomic E-state index is 12.2. The van der Waals surface area contributed by atoms with E-state index in [9.17, 15) is 8.42 Å². The minimum Gasteiger partial charge on any atom is -0.377 e. The first-order chi connectivity index (χ1) is 8.53. The number of alkyl halides is 1. The van der Waals surface area contributed by atoms with Crippen molar-refractivity contribution in [1.82, 2.24) is 0 Å². The molecule has 1 saturated carbocycles. The third-order valence-corrected chi connectivity index (χ3v) is 5.69. The van der Waals surface area contributed by atoms with Crippen molar-refractivity contribution in [2.45, 2.75) is 36.6 Å². The topological polar surface area (TPSA) is 46.2 Å². The van der Waals surface area contributed by atoms with Crippen molar-refractivity contribution in [2.24, 2.45) is 0 Å². The van der Waals surface area contributed by atoms with Gasteiger partial charge in [-0.15, -0.1) is 11.6 Å². The fourth-order valence-corrected chi connectivity index (χ4v) is 3.78. The number of anilines is 1. The lowest BCUT2D eigenvalue weighted by Gasteiger charge is -2.18. The molecule has 0 spiro atoms. The summed E-state index contributed by atoms with van der Waals surface area (Å²) in [5, 5.41) is 3.30. The van der Waals surface area contributed by atoms with Crippen LogP contribution in [0.2, 0.25) is 0 Å². The Hall–Kier alpha value is -0.740. The lowest BCUT2D eigenvalue weighted by Crippen LogP contribution is -2.24. The summed E-state index contributed by atoms with van der Waals surface area (Å²) in [6.07, 6.45) is 2.62. The first kappa shape index (κ1) is 13.7. The number of para-hydroxylation sites is 1. The van der Waals surface area contributed by atoms with Crippen molar-refractivity contribution in [3.05, 3.63) is 24.3 Å². The molecule has 0 bridgehead atoms. The van der Waals surface area contributed by atoms with Crippen LogP contribution < -0.4 is 5.32 Å². The minimum absolute atomic E-state index is 0.0978. The van der Waals surface area contributed by atoms with Crippen molar-refractivity contribution < 1.29 is 8.42 Å². The molecule has 1 aromatic carbocycles. The molecule has 0 aromatic heterocycles. The molecule has 1 aromatic rings. The fourth-order valence-electron chi connectivity index (χ4n) is 1.95. The fraction of sp³-hybridized carbons (Fsp3) is 0.538. The van der Waals surface area contributed by atoms with E-state index in [1.54, 1.807) is 12.1 Å². The van der Waals surface area contributed by atoms with Gasteiger partial charge in [-0.3, -0.25) is 0 Å². The summed E-state index contributed by atoms with van der Waals surface area (Å²) in [5.41, 5.74) is 0.587.